The highest BCUT2D eigenvalue weighted by Crippen LogP contribution is 2.32. The summed E-state index contributed by atoms with van der Waals surface area (Å²) in [7, 11) is -7.53. The smallest absolute Gasteiger partial charge is 0.407 e. The molecule has 4 rings (SSSR count). The number of carbonyl (C=O) groups excluding carboxylic acids is 2. The molecule has 0 saturated heterocycles. The summed E-state index contributed by atoms with van der Waals surface area (Å²) in [6.07, 6.45) is 5.97. The lowest BCUT2D eigenvalue weighted by Gasteiger charge is -2.19. The number of aliphatic imine (C=N–C) groups is 1. The van der Waals surface area contributed by atoms with Crippen molar-refractivity contribution in [3.63, 3.8) is 0 Å². The number of fused-ring (bicyclic) bond motifs is 2. The van der Waals surface area contributed by atoms with E-state index in [1.807, 2.05) is 0 Å². The van der Waals surface area contributed by atoms with Crippen LogP contribution in [-0.2, 0) is 29.5 Å². The van der Waals surface area contributed by atoms with Gasteiger partial charge in [0.15, 0.2) is 11.8 Å². The lowest BCUT2D eigenvalue weighted by molar-refractivity contribution is 0.0515. The number of ether oxygens (including phenoxy) is 2. The van der Waals surface area contributed by atoms with E-state index in [0.717, 1.165) is 6.42 Å². The fourth-order valence-electron chi connectivity index (χ4n) is 5.82. The van der Waals surface area contributed by atoms with Crippen molar-refractivity contribution in [3.8, 4) is 0 Å². The van der Waals surface area contributed by atoms with E-state index in [0.29, 0.717) is 76.8 Å². The maximum Gasteiger partial charge on any atom is 0.407 e. The van der Waals surface area contributed by atoms with Crippen LogP contribution in [0.2, 0.25) is 15.2 Å². The summed E-state index contributed by atoms with van der Waals surface area (Å²) < 4.78 is 66.9. The van der Waals surface area contributed by atoms with Gasteiger partial charge in [-0.2, -0.15) is 4.99 Å². The van der Waals surface area contributed by atoms with Crippen LogP contribution in [0.15, 0.2) is 63.6 Å². The van der Waals surface area contributed by atoms with E-state index in [1.165, 1.54) is 36.7 Å². The van der Waals surface area contributed by atoms with Gasteiger partial charge in [-0.25, -0.2) is 45.8 Å². The highest BCUT2D eigenvalue weighted by atomic mass is 35.5. The first kappa shape index (κ1) is 53.1. The summed E-state index contributed by atoms with van der Waals surface area (Å²) in [6, 6.07) is 8.48. The molecule has 2 heterocycles. The Morgan fingerprint density at radius 3 is 1.51 bits per heavy atom. The number of pyridine rings is 2. The minimum Gasteiger partial charge on any atom is -0.444 e. The standard InChI is InChI=1S/C21H31ClN6O4S.C20H27Cl2N3O4S/c1-13(7-5-6-10-25-20(29)32-21(2,3)4)28-33(30,31)14-8-9-15-16(11-14)18(27-19(23)24)26-12-17(15)22;1-13(7-5-6-10-23-19(26)29-20(2,3)4)25-30(27,28)14-8-9-15-16(11-14)18(22)24-12-17(15)21/h8-9,11-13,28H,5-7,10H2,1-4H3,(H,25,29)(H4,23,24,26,27);8-9,11-13,25H,5-7,10H2,1-4H3,(H,23,26)/t2*13-/m00/s1. The summed E-state index contributed by atoms with van der Waals surface area (Å²) in [6.45, 7) is 15.3. The van der Waals surface area contributed by atoms with Gasteiger partial charge in [0.05, 0.1) is 19.8 Å². The Bertz CT molecular complexity index is 2480. The molecule has 17 nitrogen and oxygen atoms in total. The number of aromatic nitrogens is 2. The van der Waals surface area contributed by atoms with Crippen molar-refractivity contribution in [1.82, 2.24) is 30.0 Å². The van der Waals surface area contributed by atoms with Crippen LogP contribution in [0.3, 0.4) is 0 Å². The third kappa shape index (κ3) is 18.0. The zero-order chi connectivity index (χ0) is 47.3. The molecular weight excluding hydrogens is 917 g/mol. The molecule has 0 fully saturated rings. The number of hydrogen-bond donors (Lipinski definition) is 6. The van der Waals surface area contributed by atoms with Gasteiger partial charge in [-0.1, -0.05) is 59.8 Å². The Morgan fingerprint density at radius 2 is 1.08 bits per heavy atom. The average Bonchev–Trinajstić information content (AvgIpc) is 3.15. The van der Waals surface area contributed by atoms with Crippen LogP contribution < -0.4 is 31.5 Å². The number of unbranched alkanes of at least 4 members (excludes halogenated alkanes) is 2. The number of carbonyl (C=O) groups is 2. The number of halogens is 3. The number of amides is 2. The number of sulfonamides is 2. The van der Waals surface area contributed by atoms with E-state index in [4.69, 9.17) is 55.7 Å². The minimum absolute atomic E-state index is 0.0459. The molecule has 0 aliphatic rings. The number of nitrogens with two attached hydrogens (primary N) is 2. The van der Waals surface area contributed by atoms with Crippen LogP contribution in [0.25, 0.3) is 21.5 Å². The number of rotatable bonds is 17. The molecule has 0 saturated carbocycles. The summed E-state index contributed by atoms with van der Waals surface area (Å²) in [5, 5.41) is 8.43. The first-order valence-electron chi connectivity index (χ1n) is 20.1. The number of guanidine groups is 1. The summed E-state index contributed by atoms with van der Waals surface area (Å²) in [4.78, 5) is 35.4. The molecule has 0 radical (unpaired) electrons. The van der Waals surface area contributed by atoms with Gasteiger partial charge in [0.2, 0.25) is 20.0 Å². The lowest BCUT2D eigenvalue weighted by Crippen LogP contribution is -2.34. The van der Waals surface area contributed by atoms with Crippen molar-refractivity contribution in [2.45, 2.75) is 127 Å². The molecule has 0 unspecified atom stereocenters. The molecule has 22 heteroatoms. The highest BCUT2D eigenvalue weighted by molar-refractivity contribution is 7.89. The number of alkyl carbamates (subject to hydrolysis) is 2. The second-order valence-corrected chi connectivity index (χ2v) is 21.3. The topological polar surface area (TPSA) is 259 Å². The first-order chi connectivity index (χ1) is 29.2. The molecule has 2 amide bonds. The predicted molar refractivity (Wildman–Crippen MR) is 250 cm³/mol. The maximum atomic E-state index is 12.9. The Labute approximate surface area is 384 Å². The largest absolute Gasteiger partial charge is 0.444 e. The van der Waals surface area contributed by atoms with Gasteiger partial charge in [0, 0.05) is 59.1 Å². The van der Waals surface area contributed by atoms with E-state index in [-0.39, 0.29) is 38.8 Å². The monoisotopic (exact) mass is 973 g/mol. The Morgan fingerprint density at radius 1 is 0.667 bits per heavy atom. The van der Waals surface area contributed by atoms with Gasteiger partial charge in [-0.15, -0.1) is 0 Å². The molecule has 2 atom stereocenters. The van der Waals surface area contributed by atoms with Crippen molar-refractivity contribution >= 4 is 100 Å². The van der Waals surface area contributed by atoms with E-state index < -0.39 is 43.4 Å². The van der Waals surface area contributed by atoms with E-state index >= 15 is 0 Å². The molecule has 2 aromatic carbocycles. The van der Waals surface area contributed by atoms with Crippen LogP contribution >= 0.6 is 34.8 Å². The summed E-state index contributed by atoms with van der Waals surface area (Å²) >= 11 is 18.4. The van der Waals surface area contributed by atoms with Crippen molar-refractivity contribution in [2.75, 3.05) is 13.1 Å². The minimum atomic E-state index is -3.81. The van der Waals surface area contributed by atoms with Gasteiger partial charge in [0.1, 0.15) is 16.4 Å². The zero-order valence-corrected chi connectivity index (χ0v) is 40.5. The Balaban J connectivity index is 0.000000337. The van der Waals surface area contributed by atoms with Gasteiger partial charge >= 0.3 is 12.2 Å². The molecule has 0 aliphatic carbocycles. The molecule has 2 aromatic heterocycles. The maximum absolute atomic E-state index is 12.9. The van der Waals surface area contributed by atoms with Crippen LogP contribution in [0, 0.1) is 0 Å². The molecule has 0 aliphatic heterocycles. The van der Waals surface area contributed by atoms with Crippen molar-refractivity contribution < 1.29 is 35.9 Å². The SMILES string of the molecule is C[C@@H](CCCCNC(=O)OC(C)(C)C)NS(=O)(=O)c1ccc2c(Cl)cnc(Cl)c2c1.C[C@@H](CCCCNC(=O)OC(C)(C)C)NS(=O)(=O)c1ccc2c(Cl)cnc(N=C(N)N)c2c1. The van der Waals surface area contributed by atoms with E-state index in [2.05, 4.69) is 35.0 Å². The highest BCUT2D eigenvalue weighted by Gasteiger charge is 2.22. The molecule has 348 valence electrons. The molecule has 63 heavy (non-hydrogen) atoms. The molecule has 8 N–H and O–H groups in total. The fourth-order valence-corrected chi connectivity index (χ4v) is 9.06. The van der Waals surface area contributed by atoms with Gasteiger partial charge in [-0.05, 0) is 105 Å². The Kier molecular flexibility index (Phi) is 19.5. The van der Waals surface area contributed by atoms with Crippen molar-refractivity contribution in [1.29, 1.82) is 0 Å². The number of nitrogens with one attached hydrogen (secondary N) is 4. The number of benzene rings is 2. The van der Waals surface area contributed by atoms with Crippen molar-refractivity contribution in [3.05, 3.63) is 64.0 Å². The van der Waals surface area contributed by atoms with Gasteiger partial charge < -0.3 is 31.6 Å². The molecule has 0 spiro atoms. The average molecular weight is 975 g/mol. The van der Waals surface area contributed by atoms with Crippen LogP contribution in [0.5, 0.6) is 0 Å². The van der Waals surface area contributed by atoms with Gasteiger partial charge in [-0.3, -0.25) is 0 Å². The summed E-state index contributed by atoms with van der Waals surface area (Å²) in [5.74, 6) is -0.0238. The normalized spacial score (nSPS) is 13.1. The third-order valence-corrected chi connectivity index (χ3v) is 12.7. The van der Waals surface area contributed by atoms with Crippen LogP contribution in [0.4, 0.5) is 15.4 Å². The molecule has 4 aromatic rings. The van der Waals surface area contributed by atoms with E-state index in [1.54, 1.807) is 67.5 Å². The predicted octanol–water partition coefficient (Wildman–Crippen LogP) is 8.06. The third-order valence-electron chi connectivity index (χ3n) is 8.58. The van der Waals surface area contributed by atoms with Crippen LogP contribution in [-0.4, -0.2) is 81.3 Å². The fraction of sp³-hybridized carbons (Fsp3) is 0.488. The summed E-state index contributed by atoms with van der Waals surface area (Å²) in [5.41, 5.74) is 9.81. The zero-order valence-electron chi connectivity index (χ0n) is 36.6. The van der Waals surface area contributed by atoms with Crippen LogP contribution in [0.1, 0.15) is 93.9 Å². The Hall–Kier alpha value is -4.24. The van der Waals surface area contributed by atoms with E-state index in [9.17, 15) is 26.4 Å². The lowest BCUT2D eigenvalue weighted by atomic mass is 10.1. The number of nitrogens with zero attached hydrogens (tertiary/aromatic N) is 3. The molecule has 0 bridgehead atoms. The van der Waals surface area contributed by atoms with Crippen molar-refractivity contribution in [2.24, 2.45) is 16.5 Å². The first-order valence-corrected chi connectivity index (χ1v) is 24.2. The second-order valence-electron chi connectivity index (χ2n) is 16.7. The molecular formula is C41H58Cl3N9O8S2. The number of hydrogen-bond acceptors (Lipinski definition) is 11. The second kappa shape index (κ2) is 23.1. The quantitative estimate of drug-likeness (QED) is 0.0254. The van der Waals surface area contributed by atoms with Gasteiger partial charge in [0.25, 0.3) is 0 Å².